The Kier molecular flexibility index (Phi) is 7.97. The highest BCUT2D eigenvalue weighted by atomic mass is 32.2. The summed E-state index contributed by atoms with van der Waals surface area (Å²) < 4.78 is 23.0. The fraction of sp³-hybridized carbons (Fsp3) is 0.647. The van der Waals surface area contributed by atoms with Crippen LogP contribution in [0.1, 0.15) is 51.5 Å². The fourth-order valence-corrected chi connectivity index (χ4v) is 3.28. The zero-order valence-corrected chi connectivity index (χ0v) is 14.3. The molecule has 0 radical (unpaired) electrons. The molecule has 1 atom stereocenters. The number of unbranched alkanes of at least 4 members (excludes halogenated alkanes) is 1. The monoisotopic (exact) mass is 311 g/mol. The van der Waals surface area contributed by atoms with Crippen molar-refractivity contribution in [2.45, 2.75) is 52.0 Å². The van der Waals surface area contributed by atoms with E-state index in [4.69, 9.17) is 0 Å². The largest absolute Gasteiger partial charge is 0.314 e. The minimum Gasteiger partial charge on any atom is -0.314 e. The van der Waals surface area contributed by atoms with Gasteiger partial charge >= 0.3 is 0 Å². The van der Waals surface area contributed by atoms with E-state index >= 15 is 0 Å². The van der Waals surface area contributed by atoms with E-state index in [1.807, 2.05) is 6.07 Å². The van der Waals surface area contributed by atoms with Crippen LogP contribution in [0.25, 0.3) is 0 Å². The maximum atomic E-state index is 11.5. The fourth-order valence-electron chi connectivity index (χ4n) is 2.35. The van der Waals surface area contributed by atoms with Crippen LogP contribution in [0.2, 0.25) is 0 Å². The molecule has 0 bridgehead atoms. The summed E-state index contributed by atoms with van der Waals surface area (Å²) >= 11 is 0. The summed E-state index contributed by atoms with van der Waals surface area (Å²) in [6, 6.07) is 11.0. The van der Waals surface area contributed by atoms with E-state index in [9.17, 15) is 8.42 Å². The Bertz CT molecular complexity index is 483. The molecule has 4 heteroatoms. The second-order valence-corrected chi connectivity index (χ2v) is 8.38. The first-order valence-corrected chi connectivity index (χ1v) is 9.75. The van der Waals surface area contributed by atoms with Gasteiger partial charge in [-0.2, -0.15) is 0 Å². The van der Waals surface area contributed by atoms with Gasteiger partial charge in [-0.1, -0.05) is 57.5 Å². The predicted octanol–water partition coefficient (Wildman–Crippen LogP) is 3.37. The molecule has 0 spiro atoms. The lowest BCUT2D eigenvalue weighted by molar-refractivity contribution is 0.494. The third-order valence-corrected chi connectivity index (χ3v) is 5.53. The Balaban J connectivity index is 2.50. The summed E-state index contributed by atoms with van der Waals surface area (Å²) in [6.45, 7) is 6.96. The minimum atomic E-state index is -2.82. The third-order valence-electron chi connectivity index (χ3n) is 3.74. The lowest BCUT2D eigenvalue weighted by Gasteiger charge is -2.19. The standard InChI is InChI=1S/C17H29NO2S/c1-4-21(19,20)13-9-8-12-17(14-18-15(2)3)16-10-6-5-7-11-16/h5-7,10-11,15,17-18H,4,8-9,12-14H2,1-3H3. The van der Waals surface area contributed by atoms with Crippen molar-refractivity contribution in [3.05, 3.63) is 35.9 Å². The van der Waals surface area contributed by atoms with Gasteiger partial charge in [0.2, 0.25) is 0 Å². The van der Waals surface area contributed by atoms with Gasteiger partial charge in [-0.05, 0) is 24.3 Å². The van der Waals surface area contributed by atoms with Gasteiger partial charge < -0.3 is 5.32 Å². The summed E-state index contributed by atoms with van der Waals surface area (Å²) in [7, 11) is -2.82. The van der Waals surface area contributed by atoms with Gasteiger partial charge in [0.1, 0.15) is 9.84 Å². The van der Waals surface area contributed by atoms with E-state index in [0.29, 0.717) is 17.7 Å². The van der Waals surface area contributed by atoms with Gasteiger partial charge in [0.05, 0.1) is 5.75 Å². The Morgan fingerprint density at radius 1 is 1.10 bits per heavy atom. The third kappa shape index (κ3) is 7.63. The van der Waals surface area contributed by atoms with Crippen molar-refractivity contribution >= 4 is 9.84 Å². The van der Waals surface area contributed by atoms with Crippen LogP contribution in [0.5, 0.6) is 0 Å². The summed E-state index contributed by atoms with van der Waals surface area (Å²) in [6.07, 6.45) is 2.75. The lowest BCUT2D eigenvalue weighted by atomic mass is 9.93. The Morgan fingerprint density at radius 2 is 1.76 bits per heavy atom. The first-order valence-electron chi connectivity index (χ1n) is 7.93. The molecule has 0 amide bonds. The summed E-state index contributed by atoms with van der Waals surface area (Å²) in [5.74, 6) is 1.03. The van der Waals surface area contributed by atoms with Crippen LogP contribution >= 0.6 is 0 Å². The smallest absolute Gasteiger partial charge is 0.150 e. The summed E-state index contributed by atoms with van der Waals surface area (Å²) in [5.41, 5.74) is 1.34. The van der Waals surface area contributed by atoms with Crippen LogP contribution < -0.4 is 5.32 Å². The van der Waals surface area contributed by atoms with Gasteiger partial charge in [0.15, 0.2) is 0 Å². The molecule has 0 saturated heterocycles. The van der Waals surface area contributed by atoms with Crippen molar-refractivity contribution < 1.29 is 8.42 Å². The maximum absolute atomic E-state index is 11.5. The molecule has 0 aliphatic heterocycles. The normalized spacial score (nSPS) is 13.5. The van der Waals surface area contributed by atoms with Crippen molar-refractivity contribution in [1.82, 2.24) is 5.32 Å². The van der Waals surface area contributed by atoms with Crippen molar-refractivity contribution in [3.63, 3.8) is 0 Å². The zero-order chi connectivity index (χ0) is 15.7. The molecule has 120 valence electrons. The van der Waals surface area contributed by atoms with E-state index < -0.39 is 9.84 Å². The van der Waals surface area contributed by atoms with Crippen molar-refractivity contribution in [2.24, 2.45) is 0 Å². The Labute approximate surface area is 130 Å². The second kappa shape index (κ2) is 9.21. The van der Waals surface area contributed by atoms with Gasteiger partial charge in [-0.25, -0.2) is 8.42 Å². The van der Waals surface area contributed by atoms with E-state index in [2.05, 4.69) is 43.4 Å². The summed E-state index contributed by atoms with van der Waals surface area (Å²) in [4.78, 5) is 0. The predicted molar refractivity (Wildman–Crippen MR) is 90.5 cm³/mol. The molecule has 0 aliphatic carbocycles. The maximum Gasteiger partial charge on any atom is 0.150 e. The number of nitrogens with one attached hydrogen (secondary N) is 1. The van der Waals surface area contributed by atoms with E-state index in [0.717, 1.165) is 25.8 Å². The van der Waals surface area contributed by atoms with Crippen LogP contribution in [0.3, 0.4) is 0 Å². The quantitative estimate of drug-likeness (QED) is 0.674. The van der Waals surface area contributed by atoms with Crippen molar-refractivity contribution in [2.75, 3.05) is 18.1 Å². The first-order chi connectivity index (χ1) is 9.94. The topological polar surface area (TPSA) is 46.2 Å². The molecule has 0 saturated carbocycles. The molecule has 1 aromatic carbocycles. The number of hydrogen-bond acceptors (Lipinski definition) is 3. The number of rotatable bonds is 10. The molecule has 1 aromatic rings. The van der Waals surface area contributed by atoms with Crippen LogP contribution in [-0.4, -0.2) is 32.5 Å². The van der Waals surface area contributed by atoms with E-state index in [-0.39, 0.29) is 5.75 Å². The Hall–Kier alpha value is -0.870. The van der Waals surface area contributed by atoms with Crippen LogP contribution in [0.15, 0.2) is 30.3 Å². The van der Waals surface area contributed by atoms with Gasteiger partial charge in [-0.3, -0.25) is 0 Å². The van der Waals surface area contributed by atoms with E-state index in [1.54, 1.807) is 6.92 Å². The molecule has 0 aliphatic rings. The molecule has 1 N–H and O–H groups in total. The highest BCUT2D eigenvalue weighted by Crippen LogP contribution is 2.21. The highest BCUT2D eigenvalue weighted by Gasteiger charge is 2.13. The molecule has 0 aromatic heterocycles. The number of benzene rings is 1. The molecule has 0 fully saturated rings. The molecule has 3 nitrogen and oxygen atoms in total. The average Bonchev–Trinajstić information content (AvgIpc) is 2.47. The van der Waals surface area contributed by atoms with Gasteiger partial charge in [-0.15, -0.1) is 0 Å². The molecule has 0 heterocycles. The molecule has 1 rings (SSSR count). The molecule has 21 heavy (non-hydrogen) atoms. The average molecular weight is 311 g/mol. The van der Waals surface area contributed by atoms with Gasteiger partial charge in [0, 0.05) is 18.3 Å². The number of sulfone groups is 1. The van der Waals surface area contributed by atoms with Crippen LogP contribution in [-0.2, 0) is 9.84 Å². The number of hydrogen-bond donors (Lipinski definition) is 1. The van der Waals surface area contributed by atoms with Gasteiger partial charge in [0.25, 0.3) is 0 Å². The molecule has 1 unspecified atom stereocenters. The first kappa shape index (κ1) is 18.2. The van der Waals surface area contributed by atoms with Crippen LogP contribution in [0.4, 0.5) is 0 Å². The molecular weight excluding hydrogens is 282 g/mol. The zero-order valence-electron chi connectivity index (χ0n) is 13.5. The van der Waals surface area contributed by atoms with E-state index in [1.165, 1.54) is 5.56 Å². The SMILES string of the molecule is CCS(=O)(=O)CCCCC(CNC(C)C)c1ccccc1. The Morgan fingerprint density at radius 3 is 2.33 bits per heavy atom. The van der Waals surface area contributed by atoms with Crippen LogP contribution in [0, 0.1) is 0 Å². The second-order valence-electron chi connectivity index (χ2n) is 5.90. The minimum absolute atomic E-state index is 0.254. The van der Waals surface area contributed by atoms with Crippen molar-refractivity contribution in [1.29, 1.82) is 0 Å². The highest BCUT2D eigenvalue weighted by molar-refractivity contribution is 7.91. The molecular formula is C17H29NO2S. The lowest BCUT2D eigenvalue weighted by Crippen LogP contribution is -2.28. The van der Waals surface area contributed by atoms with Crippen molar-refractivity contribution in [3.8, 4) is 0 Å². The summed E-state index contributed by atoms with van der Waals surface area (Å²) in [5, 5.41) is 3.49.